The summed E-state index contributed by atoms with van der Waals surface area (Å²) in [6, 6.07) is 2.69. The summed E-state index contributed by atoms with van der Waals surface area (Å²) in [6.07, 6.45) is 7.35. The Hall–Kier alpha value is -2.37. The first-order chi connectivity index (χ1) is 9.74. The molecule has 6 heteroatoms. The van der Waals surface area contributed by atoms with E-state index in [0.29, 0.717) is 6.54 Å². The van der Waals surface area contributed by atoms with Gasteiger partial charge in [0.15, 0.2) is 5.43 Å². The molecule has 1 amide bonds. The van der Waals surface area contributed by atoms with Crippen LogP contribution in [0.25, 0.3) is 0 Å². The highest BCUT2D eigenvalue weighted by Crippen LogP contribution is 2.24. The van der Waals surface area contributed by atoms with Crippen LogP contribution in [-0.4, -0.2) is 27.0 Å². The number of aromatic nitrogens is 3. The molecular formula is C14H16N4O2. The Morgan fingerprint density at radius 3 is 3.30 bits per heavy atom. The van der Waals surface area contributed by atoms with Crippen molar-refractivity contribution in [2.24, 2.45) is 0 Å². The second kappa shape index (κ2) is 5.32. The Morgan fingerprint density at radius 2 is 2.45 bits per heavy atom. The number of carbonyl (C=O) groups excluding carboxylic acids is 1. The molecule has 2 N–H and O–H groups in total. The highest BCUT2D eigenvalue weighted by molar-refractivity contribution is 5.92. The first-order valence-corrected chi connectivity index (χ1v) is 6.72. The maximum absolute atomic E-state index is 12.0. The number of hydrogen-bond acceptors (Lipinski definition) is 3. The molecule has 0 bridgehead atoms. The number of aryl methyl sites for hydroxylation is 1. The summed E-state index contributed by atoms with van der Waals surface area (Å²) in [4.78, 5) is 30.3. The van der Waals surface area contributed by atoms with Gasteiger partial charge in [0.25, 0.3) is 5.91 Å². The number of carbonyl (C=O) groups is 1. The van der Waals surface area contributed by atoms with Crippen LogP contribution in [0.5, 0.6) is 0 Å². The van der Waals surface area contributed by atoms with Crippen molar-refractivity contribution in [1.29, 1.82) is 0 Å². The third-order valence-corrected chi connectivity index (χ3v) is 3.59. The van der Waals surface area contributed by atoms with Crippen LogP contribution in [0.4, 0.5) is 0 Å². The minimum Gasteiger partial charge on any atom is -0.357 e. The zero-order valence-corrected chi connectivity index (χ0v) is 11.0. The molecule has 0 aliphatic carbocycles. The summed E-state index contributed by atoms with van der Waals surface area (Å²) < 4.78 is 2.13. The van der Waals surface area contributed by atoms with Gasteiger partial charge < -0.3 is 14.9 Å². The number of amides is 1. The molecule has 1 unspecified atom stereocenters. The van der Waals surface area contributed by atoms with E-state index >= 15 is 0 Å². The average Bonchev–Trinajstić information content (AvgIpc) is 2.93. The quantitative estimate of drug-likeness (QED) is 0.870. The van der Waals surface area contributed by atoms with Gasteiger partial charge in [-0.25, -0.2) is 4.98 Å². The average molecular weight is 272 g/mol. The van der Waals surface area contributed by atoms with Crippen LogP contribution < -0.4 is 10.7 Å². The Labute approximate surface area is 115 Å². The molecule has 1 aliphatic heterocycles. The molecule has 3 heterocycles. The van der Waals surface area contributed by atoms with Crippen molar-refractivity contribution < 1.29 is 4.79 Å². The minimum atomic E-state index is -0.258. The van der Waals surface area contributed by atoms with Gasteiger partial charge in [0.05, 0.1) is 0 Å². The Kier molecular flexibility index (Phi) is 3.37. The van der Waals surface area contributed by atoms with Gasteiger partial charge in [-0.2, -0.15) is 0 Å². The number of fused-ring (bicyclic) bond motifs is 1. The molecular weight excluding hydrogens is 256 g/mol. The lowest BCUT2D eigenvalue weighted by molar-refractivity contribution is 0.0944. The van der Waals surface area contributed by atoms with E-state index in [4.69, 9.17) is 0 Å². The van der Waals surface area contributed by atoms with Crippen molar-refractivity contribution in [2.75, 3.05) is 6.54 Å². The van der Waals surface area contributed by atoms with Crippen LogP contribution >= 0.6 is 0 Å². The summed E-state index contributed by atoms with van der Waals surface area (Å²) in [5.41, 5.74) is 0.110. The number of hydrogen-bond donors (Lipinski definition) is 2. The Bertz CT molecular complexity index is 674. The van der Waals surface area contributed by atoms with Crippen molar-refractivity contribution in [3.05, 3.63) is 52.5 Å². The first kappa shape index (κ1) is 12.7. The van der Waals surface area contributed by atoms with Crippen molar-refractivity contribution in [2.45, 2.75) is 25.3 Å². The van der Waals surface area contributed by atoms with Crippen LogP contribution in [0.15, 0.2) is 35.5 Å². The molecule has 0 saturated carbocycles. The van der Waals surface area contributed by atoms with Crippen molar-refractivity contribution in [3.8, 4) is 0 Å². The number of H-pyrrole nitrogens is 1. The SMILES string of the molecule is O=C(NCC1CCCn2ccnc21)c1cc(=O)cc[nH]1. The zero-order valence-electron chi connectivity index (χ0n) is 11.0. The Balaban J connectivity index is 1.66. The molecule has 3 rings (SSSR count). The summed E-state index contributed by atoms with van der Waals surface area (Å²) in [5, 5.41) is 2.86. The topological polar surface area (TPSA) is 79.8 Å². The highest BCUT2D eigenvalue weighted by atomic mass is 16.2. The van der Waals surface area contributed by atoms with Crippen LogP contribution in [0.3, 0.4) is 0 Å². The lowest BCUT2D eigenvalue weighted by Crippen LogP contribution is -2.32. The largest absolute Gasteiger partial charge is 0.357 e. The van der Waals surface area contributed by atoms with E-state index in [2.05, 4.69) is 19.9 Å². The number of rotatable bonds is 3. The highest BCUT2D eigenvalue weighted by Gasteiger charge is 2.22. The molecule has 2 aromatic rings. The van der Waals surface area contributed by atoms with Crippen molar-refractivity contribution >= 4 is 5.91 Å². The van der Waals surface area contributed by atoms with Crippen LogP contribution in [0.2, 0.25) is 0 Å². The fraction of sp³-hybridized carbons (Fsp3) is 0.357. The van der Waals surface area contributed by atoms with Crippen molar-refractivity contribution in [1.82, 2.24) is 19.9 Å². The van der Waals surface area contributed by atoms with Crippen LogP contribution in [0, 0.1) is 0 Å². The standard InChI is InChI=1S/C14H16N4O2/c19-11-3-4-15-12(8-11)14(20)17-9-10-2-1-6-18-7-5-16-13(10)18/h3-5,7-8,10H,1-2,6,9H2,(H,15,19)(H,17,20). The van der Waals surface area contributed by atoms with E-state index in [1.54, 1.807) is 6.20 Å². The van der Waals surface area contributed by atoms with Gasteiger partial charge in [0.1, 0.15) is 11.5 Å². The molecule has 1 atom stereocenters. The van der Waals surface area contributed by atoms with Gasteiger partial charge in [0, 0.05) is 49.7 Å². The number of pyridine rings is 1. The van der Waals surface area contributed by atoms with Gasteiger partial charge in [0.2, 0.25) is 0 Å². The Morgan fingerprint density at radius 1 is 1.55 bits per heavy atom. The third-order valence-electron chi connectivity index (χ3n) is 3.59. The monoisotopic (exact) mass is 272 g/mol. The molecule has 1 aliphatic rings. The maximum Gasteiger partial charge on any atom is 0.267 e. The molecule has 0 fully saturated rings. The summed E-state index contributed by atoms with van der Waals surface area (Å²) in [5.74, 6) is 1.00. The predicted octanol–water partition coefficient (Wildman–Crippen LogP) is 0.879. The second-order valence-electron chi connectivity index (χ2n) is 4.97. The van der Waals surface area contributed by atoms with Gasteiger partial charge in [-0.15, -0.1) is 0 Å². The van der Waals surface area contributed by atoms with E-state index in [-0.39, 0.29) is 22.9 Å². The van der Waals surface area contributed by atoms with Gasteiger partial charge in [-0.05, 0) is 12.8 Å². The normalized spacial score (nSPS) is 17.5. The summed E-state index contributed by atoms with van der Waals surface area (Å²) in [6.45, 7) is 1.53. The minimum absolute atomic E-state index is 0.179. The zero-order chi connectivity index (χ0) is 13.9. The molecule has 2 aromatic heterocycles. The molecule has 0 saturated heterocycles. The van der Waals surface area contributed by atoms with E-state index in [9.17, 15) is 9.59 Å². The van der Waals surface area contributed by atoms with Gasteiger partial charge in [-0.1, -0.05) is 0 Å². The second-order valence-corrected chi connectivity index (χ2v) is 4.97. The lowest BCUT2D eigenvalue weighted by atomic mass is 9.99. The lowest BCUT2D eigenvalue weighted by Gasteiger charge is -2.23. The summed E-state index contributed by atoms with van der Waals surface area (Å²) >= 11 is 0. The smallest absolute Gasteiger partial charge is 0.267 e. The maximum atomic E-state index is 12.0. The molecule has 104 valence electrons. The first-order valence-electron chi connectivity index (χ1n) is 6.72. The van der Waals surface area contributed by atoms with E-state index < -0.39 is 0 Å². The number of aromatic amines is 1. The molecule has 20 heavy (non-hydrogen) atoms. The predicted molar refractivity (Wildman–Crippen MR) is 73.6 cm³/mol. The molecule has 0 radical (unpaired) electrons. The number of nitrogens with one attached hydrogen (secondary N) is 2. The summed E-state index contributed by atoms with van der Waals surface area (Å²) in [7, 11) is 0. The fourth-order valence-electron chi connectivity index (χ4n) is 2.59. The molecule has 6 nitrogen and oxygen atoms in total. The number of nitrogens with zero attached hydrogens (tertiary/aromatic N) is 2. The van der Waals surface area contributed by atoms with Gasteiger partial charge >= 0.3 is 0 Å². The van der Waals surface area contributed by atoms with E-state index in [1.807, 2.05) is 6.20 Å². The third kappa shape index (κ3) is 2.49. The van der Waals surface area contributed by atoms with Gasteiger partial charge in [-0.3, -0.25) is 9.59 Å². The van der Waals surface area contributed by atoms with E-state index in [1.165, 1.54) is 18.3 Å². The molecule has 0 aromatic carbocycles. The fourth-order valence-corrected chi connectivity index (χ4v) is 2.59. The molecule has 0 spiro atoms. The van der Waals surface area contributed by atoms with Crippen LogP contribution in [0.1, 0.15) is 35.1 Å². The van der Waals surface area contributed by atoms with Crippen molar-refractivity contribution in [3.63, 3.8) is 0 Å². The van der Waals surface area contributed by atoms with E-state index in [0.717, 1.165) is 25.2 Å². The number of imidazole rings is 1. The van der Waals surface area contributed by atoms with Crippen LogP contribution in [-0.2, 0) is 6.54 Å².